The molecule has 3 nitrogen and oxygen atoms in total. The molecule has 82 valence electrons. The molecule has 0 spiro atoms. The number of carbonyl (C=O) groups excluding carboxylic acids is 1. The minimum atomic E-state index is 0.150. The Bertz CT molecular complexity index is 345. The fourth-order valence-electron chi connectivity index (χ4n) is 1.47. The van der Waals surface area contributed by atoms with Crippen molar-refractivity contribution in [1.29, 1.82) is 0 Å². The van der Waals surface area contributed by atoms with Crippen molar-refractivity contribution in [2.75, 3.05) is 7.11 Å². The van der Waals surface area contributed by atoms with Crippen molar-refractivity contribution < 1.29 is 14.6 Å². The van der Waals surface area contributed by atoms with Gasteiger partial charge in [0.1, 0.15) is 6.29 Å². The molecule has 0 bridgehead atoms. The molecule has 0 aliphatic carbocycles. The van der Waals surface area contributed by atoms with Crippen LogP contribution < -0.4 is 4.74 Å². The largest absolute Gasteiger partial charge is 0.504 e. The second kappa shape index (κ2) is 5.39. The summed E-state index contributed by atoms with van der Waals surface area (Å²) in [6, 6.07) is 3.25. The van der Waals surface area contributed by atoms with Crippen molar-refractivity contribution in [3.63, 3.8) is 0 Å². The molecule has 0 aliphatic heterocycles. The van der Waals surface area contributed by atoms with E-state index in [9.17, 15) is 9.90 Å². The molecular weight excluding hydrogens is 192 g/mol. The van der Waals surface area contributed by atoms with Crippen molar-refractivity contribution in [3.05, 3.63) is 23.3 Å². The van der Waals surface area contributed by atoms with E-state index < -0.39 is 0 Å². The number of carbonyl (C=O) groups is 1. The van der Waals surface area contributed by atoms with E-state index in [2.05, 4.69) is 6.92 Å². The highest BCUT2D eigenvalue weighted by Gasteiger charge is 2.09. The molecule has 1 N–H and O–H groups in total. The maximum atomic E-state index is 10.7. The lowest BCUT2D eigenvalue weighted by atomic mass is 10.0. The topological polar surface area (TPSA) is 46.5 Å². The van der Waals surface area contributed by atoms with Crippen molar-refractivity contribution in [2.45, 2.75) is 26.2 Å². The normalized spacial score (nSPS) is 10.0. The maximum absolute atomic E-state index is 10.7. The molecule has 1 aromatic carbocycles. The zero-order chi connectivity index (χ0) is 11.3. The number of phenols is 1. The molecule has 0 saturated carbocycles. The molecule has 0 aliphatic rings. The highest BCUT2D eigenvalue weighted by molar-refractivity contribution is 5.77. The van der Waals surface area contributed by atoms with Crippen LogP contribution in [0, 0.1) is 0 Å². The van der Waals surface area contributed by atoms with E-state index in [0.29, 0.717) is 11.3 Å². The van der Waals surface area contributed by atoms with Crippen LogP contribution >= 0.6 is 0 Å². The number of aromatic hydroxyl groups is 1. The molecule has 0 unspecified atom stereocenters. The summed E-state index contributed by atoms with van der Waals surface area (Å²) >= 11 is 0. The minimum Gasteiger partial charge on any atom is -0.504 e. The van der Waals surface area contributed by atoms with Crippen LogP contribution in [0.5, 0.6) is 11.5 Å². The first-order valence-electron chi connectivity index (χ1n) is 5.08. The molecule has 0 heterocycles. The molecular formula is C12H16O3. The second-order valence-electron chi connectivity index (χ2n) is 3.45. The number of rotatable bonds is 5. The Morgan fingerprint density at radius 3 is 2.73 bits per heavy atom. The van der Waals surface area contributed by atoms with Gasteiger partial charge in [-0.05, 0) is 30.5 Å². The number of hydrogen-bond acceptors (Lipinski definition) is 3. The molecule has 0 atom stereocenters. The van der Waals surface area contributed by atoms with Gasteiger partial charge in [0.15, 0.2) is 11.5 Å². The Balaban J connectivity index is 3.06. The van der Waals surface area contributed by atoms with Crippen molar-refractivity contribution in [3.8, 4) is 11.5 Å². The predicted molar refractivity (Wildman–Crippen MR) is 58.7 cm³/mol. The van der Waals surface area contributed by atoms with Crippen LogP contribution in [0.15, 0.2) is 12.1 Å². The van der Waals surface area contributed by atoms with Crippen LogP contribution in [0.2, 0.25) is 0 Å². The van der Waals surface area contributed by atoms with Crippen LogP contribution in [-0.2, 0) is 6.42 Å². The molecule has 0 radical (unpaired) electrons. The van der Waals surface area contributed by atoms with Gasteiger partial charge in [-0.25, -0.2) is 0 Å². The van der Waals surface area contributed by atoms with E-state index in [0.717, 1.165) is 31.1 Å². The smallest absolute Gasteiger partial charge is 0.161 e. The van der Waals surface area contributed by atoms with Crippen LogP contribution in [0.3, 0.4) is 0 Å². The monoisotopic (exact) mass is 208 g/mol. The zero-order valence-electron chi connectivity index (χ0n) is 9.12. The first kappa shape index (κ1) is 11.6. The second-order valence-corrected chi connectivity index (χ2v) is 3.45. The van der Waals surface area contributed by atoms with Gasteiger partial charge in [0.05, 0.1) is 7.11 Å². The summed E-state index contributed by atoms with van der Waals surface area (Å²) < 4.78 is 5.00. The fraction of sp³-hybridized carbons (Fsp3) is 0.417. The predicted octanol–water partition coefficient (Wildman–Crippen LogP) is 2.56. The van der Waals surface area contributed by atoms with E-state index in [-0.39, 0.29) is 5.75 Å². The van der Waals surface area contributed by atoms with Gasteiger partial charge < -0.3 is 9.84 Å². The number of hydrogen-bond donors (Lipinski definition) is 1. The Kier molecular flexibility index (Phi) is 4.16. The van der Waals surface area contributed by atoms with Crippen LogP contribution in [-0.4, -0.2) is 18.5 Å². The molecule has 0 aromatic heterocycles. The third-order valence-electron chi connectivity index (χ3n) is 2.33. The van der Waals surface area contributed by atoms with E-state index in [4.69, 9.17) is 4.74 Å². The molecule has 1 rings (SSSR count). The molecule has 0 saturated heterocycles. The molecule has 0 amide bonds. The SMILES string of the molecule is CCCCc1cc(C=O)cc(OC)c1O. The average molecular weight is 208 g/mol. The van der Waals surface area contributed by atoms with Crippen molar-refractivity contribution >= 4 is 6.29 Å². The highest BCUT2D eigenvalue weighted by Crippen LogP contribution is 2.31. The number of aryl methyl sites for hydroxylation is 1. The maximum Gasteiger partial charge on any atom is 0.161 e. The van der Waals surface area contributed by atoms with Gasteiger partial charge in [0.25, 0.3) is 0 Å². The summed E-state index contributed by atoms with van der Waals surface area (Å²) in [6.45, 7) is 2.08. The summed E-state index contributed by atoms with van der Waals surface area (Å²) in [4.78, 5) is 10.7. The minimum absolute atomic E-state index is 0.150. The van der Waals surface area contributed by atoms with Gasteiger partial charge >= 0.3 is 0 Å². The first-order valence-corrected chi connectivity index (χ1v) is 5.08. The summed E-state index contributed by atoms with van der Waals surface area (Å²) in [5.74, 6) is 0.516. The summed E-state index contributed by atoms with van der Waals surface area (Å²) in [6.07, 6.45) is 3.56. The van der Waals surface area contributed by atoms with Gasteiger partial charge in [0, 0.05) is 5.56 Å². The summed E-state index contributed by atoms with van der Waals surface area (Å²) in [5.41, 5.74) is 1.31. The fourth-order valence-corrected chi connectivity index (χ4v) is 1.47. The number of benzene rings is 1. The van der Waals surface area contributed by atoms with Crippen molar-refractivity contribution in [1.82, 2.24) is 0 Å². The van der Waals surface area contributed by atoms with Crippen LogP contribution in [0.4, 0.5) is 0 Å². The van der Waals surface area contributed by atoms with Crippen LogP contribution in [0.1, 0.15) is 35.7 Å². The standard InChI is InChI=1S/C12H16O3/c1-3-4-5-10-6-9(8-13)7-11(15-2)12(10)14/h6-8,14H,3-5H2,1-2H3. The van der Waals surface area contributed by atoms with Crippen molar-refractivity contribution in [2.24, 2.45) is 0 Å². The van der Waals surface area contributed by atoms with Gasteiger partial charge in [-0.3, -0.25) is 4.79 Å². The van der Waals surface area contributed by atoms with Gasteiger partial charge in [-0.1, -0.05) is 13.3 Å². The first-order chi connectivity index (χ1) is 7.22. The number of ether oxygens (including phenoxy) is 1. The number of unbranched alkanes of at least 4 members (excludes halogenated alkanes) is 1. The quantitative estimate of drug-likeness (QED) is 0.756. The van der Waals surface area contributed by atoms with Crippen LogP contribution in [0.25, 0.3) is 0 Å². The summed E-state index contributed by atoms with van der Waals surface area (Å²) in [7, 11) is 1.48. The zero-order valence-corrected chi connectivity index (χ0v) is 9.12. The average Bonchev–Trinajstić information content (AvgIpc) is 2.27. The Hall–Kier alpha value is -1.51. The van der Waals surface area contributed by atoms with Gasteiger partial charge in [-0.15, -0.1) is 0 Å². The highest BCUT2D eigenvalue weighted by atomic mass is 16.5. The Morgan fingerprint density at radius 2 is 2.20 bits per heavy atom. The molecule has 0 fully saturated rings. The lowest BCUT2D eigenvalue weighted by Crippen LogP contribution is -1.93. The van der Waals surface area contributed by atoms with Gasteiger partial charge in [0.2, 0.25) is 0 Å². The number of aldehydes is 1. The third-order valence-corrected chi connectivity index (χ3v) is 2.33. The lowest BCUT2D eigenvalue weighted by Gasteiger charge is -2.09. The van der Waals surface area contributed by atoms with Gasteiger partial charge in [-0.2, -0.15) is 0 Å². The molecule has 15 heavy (non-hydrogen) atoms. The third kappa shape index (κ3) is 2.72. The lowest BCUT2D eigenvalue weighted by molar-refractivity contribution is 0.112. The Morgan fingerprint density at radius 1 is 1.47 bits per heavy atom. The van der Waals surface area contributed by atoms with E-state index in [1.807, 2.05) is 0 Å². The summed E-state index contributed by atoms with van der Waals surface area (Å²) in [5, 5.41) is 9.79. The number of phenolic OH excluding ortho intramolecular Hbond substituents is 1. The van der Waals surface area contributed by atoms with E-state index >= 15 is 0 Å². The molecule has 1 aromatic rings. The van der Waals surface area contributed by atoms with E-state index in [1.54, 1.807) is 6.07 Å². The molecule has 3 heteroatoms. The Labute approximate surface area is 89.7 Å². The van der Waals surface area contributed by atoms with E-state index in [1.165, 1.54) is 13.2 Å². The number of methoxy groups -OCH3 is 1.